The third kappa shape index (κ3) is 2.59. The van der Waals surface area contributed by atoms with Crippen LogP contribution in [0, 0.1) is 5.92 Å². The number of imidazole rings is 1. The molecular formula is C18H25N5O3. The fourth-order valence-corrected chi connectivity index (χ4v) is 4.53. The normalized spacial score (nSPS) is 25.0. The van der Waals surface area contributed by atoms with Crippen LogP contribution in [0.3, 0.4) is 0 Å². The maximum absolute atomic E-state index is 12.8. The Hall–Kier alpha value is -2.38. The Labute approximate surface area is 150 Å². The van der Waals surface area contributed by atoms with Gasteiger partial charge in [0.2, 0.25) is 5.91 Å². The number of amides is 1. The van der Waals surface area contributed by atoms with Crippen LogP contribution < -0.4 is 16.6 Å². The number of nitrogens with zero attached hydrogens (tertiary/aromatic N) is 3. The first-order valence-electron chi connectivity index (χ1n) is 9.56. The molecule has 1 amide bonds. The number of aromatic nitrogens is 4. The predicted molar refractivity (Wildman–Crippen MR) is 97.2 cm³/mol. The van der Waals surface area contributed by atoms with Crippen molar-refractivity contribution in [3.8, 4) is 0 Å². The van der Waals surface area contributed by atoms with E-state index in [-0.39, 0.29) is 35.0 Å². The summed E-state index contributed by atoms with van der Waals surface area (Å²) in [6.07, 6.45) is 3.79. The summed E-state index contributed by atoms with van der Waals surface area (Å²) in [7, 11) is 0. The Kier molecular flexibility index (Phi) is 4.20. The SMILES string of the molecule is CCCn1c(=O)c2[nH]c(C3CC4CC3CC(=O)N4)nc2n(CCC)c1=O. The summed E-state index contributed by atoms with van der Waals surface area (Å²) in [5.41, 5.74) is 0.270. The maximum atomic E-state index is 12.8. The molecular weight excluding hydrogens is 334 g/mol. The molecule has 1 saturated carbocycles. The van der Waals surface area contributed by atoms with Crippen LogP contribution in [0.4, 0.5) is 0 Å². The lowest BCUT2D eigenvalue weighted by Gasteiger charge is -2.20. The smallest absolute Gasteiger partial charge is 0.332 e. The van der Waals surface area contributed by atoms with E-state index in [4.69, 9.17) is 0 Å². The number of hydrogen-bond acceptors (Lipinski definition) is 4. The molecule has 4 rings (SSSR count). The van der Waals surface area contributed by atoms with E-state index in [0.717, 1.165) is 25.1 Å². The van der Waals surface area contributed by atoms with Gasteiger partial charge < -0.3 is 10.3 Å². The Bertz CT molecular complexity index is 970. The lowest BCUT2D eigenvalue weighted by Crippen LogP contribution is -2.40. The quantitative estimate of drug-likeness (QED) is 0.834. The Morgan fingerprint density at radius 1 is 1.08 bits per heavy atom. The van der Waals surface area contributed by atoms with Crippen molar-refractivity contribution in [2.45, 2.75) is 71.0 Å². The van der Waals surface area contributed by atoms with Crippen molar-refractivity contribution >= 4 is 17.1 Å². The minimum absolute atomic E-state index is 0.0954. The van der Waals surface area contributed by atoms with Gasteiger partial charge in [0.1, 0.15) is 11.3 Å². The summed E-state index contributed by atoms with van der Waals surface area (Å²) < 4.78 is 2.91. The molecule has 1 aliphatic carbocycles. The third-order valence-corrected chi connectivity index (χ3v) is 5.63. The molecule has 3 unspecified atom stereocenters. The molecule has 3 heterocycles. The van der Waals surface area contributed by atoms with Crippen LogP contribution >= 0.6 is 0 Å². The van der Waals surface area contributed by atoms with Gasteiger partial charge in [-0.05, 0) is 31.6 Å². The summed E-state index contributed by atoms with van der Waals surface area (Å²) in [6, 6.07) is 0.189. The summed E-state index contributed by atoms with van der Waals surface area (Å²) in [6.45, 7) is 4.87. The van der Waals surface area contributed by atoms with E-state index in [1.165, 1.54) is 4.57 Å². The van der Waals surface area contributed by atoms with Gasteiger partial charge in [0.25, 0.3) is 5.56 Å². The van der Waals surface area contributed by atoms with Crippen LogP contribution in [0.1, 0.15) is 57.7 Å². The topological polar surface area (TPSA) is 102 Å². The Morgan fingerprint density at radius 2 is 1.81 bits per heavy atom. The first-order chi connectivity index (χ1) is 12.5. The van der Waals surface area contributed by atoms with Gasteiger partial charge in [-0.15, -0.1) is 0 Å². The molecule has 1 saturated heterocycles. The van der Waals surface area contributed by atoms with Gasteiger partial charge in [-0.3, -0.25) is 18.7 Å². The highest BCUT2D eigenvalue weighted by Gasteiger charge is 2.42. The molecule has 26 heavy (non-hydrogen) atoms. The summed E-state index contributed by atoms with van der Waals surface area (Å²) in [4.78, 5) is 45.3. The van der Waals surface area contributed by atoms with Crippen LogP contribution in [0.15, 0.2) is 9.59 Å². The number of aryl methyl sites for hydroxylation is 1. The molecule has 8 heteroatoms. The van der Waals surface area contributed by atoms with Crippen molar-refractivity contribution in [2.75, 3.05) is 0 Å². The molecule has 2 aromatic rings. The number of carbonyl (C=O) groups is 1. The molecule has 3 atom stereocenters. The van der Waals surface area contributed by atoms with Gasteiger partial charge in [-0.1, -0.05) is 13.8 Å². The van der Waals surface area contributed by atoms with Crippen LogP contribution in [0.25, 0.3) is 11.2 Å². The number of aromatic amines is 1. The zero-order valence-corrected chi connectivity index (χ0v) is 15.2. The van der Waals surface area contributed by atoms with E-state index in [1.807, 2.05) is 13.8 Å². The van der Waals surface area contributed by atoms with Crippen molar-refractivity contribution in [1.29, 1.82) is 0 Å². The summed E-state index contributed by atoms with van der Waals surface area (Å²) in [5, 5.41) is 3.02. The van der Waals surface area contributed by atoms with E-state index in [0.29, 0.717) is 37.1 Å². The number of hydrogen-bond donors (Lipinski definition) is 2. The number of nitrogens with one attached hydrogen (secondary N) is 2. The minimum atomic E-state index is -0.298. The minimum Gasteiger partial charge on any atom is -0.353 e. The van der Waals surface area contributed by atoms with Crippen molar-refractivity contribution in [3.05, 3.63) is 26.7 Å². The predicted octanol–water partition coefficient (Wildman–Crippen LogP) is 1.09. The number of fused-ring (bicyclic) bond motifs is 3. The average molecular weight is 359 g/mol. The molecule has 0 aromatic carbocycles. The molecule has 2 bridgehead atoms. The lowest BCUT2D eigenvalue weighted by atomic mass is 9.91. The molecule has 140 valence electrons. The Balaban J connectivity index is 1.85. The molecule has 2 fully saturated rings. The van der Waals surface area contributed by atoms with E-state index < -0.39 is 0 Å². The van der Waals surface area contributed by atoms with Crippen molar-refractivity contribution in [1.82, 2.24) is 24.4 Å². The number of rotatable bonds is 5. The number of H-pyrrole nitrogens is 1. The molecule has 8 nitrogen and oxygen atoms in total. The highest BCUT2D eigenvalue weighted by molar-refractivity contribution is 5.78. The van der Waals surface area contributed by atoms with Gasteiger partial charge in [-0.25, -0.2) is 9.78 Å². The molecule has 0 radical (unpaired) electrons. The van der Waals surface area contributed by atoms with Crippen molar-refractivity contribution in [2.24, 2.45) is 5.92 Å². The first kappa shape index (κ1) is 17.1. The van der Waals surface area contributed by atoms with Gasteiger partial charge in [0.15, 0.2) is 5.65 Å². The van der Waals surface area contributed by atoms with E-state index in [9.17, 15) is 14.4 Å². The largest absolute Gasteiger partial charge is 0.353 e. The third-order valence-electron chi connectivity index (χ3n) is 5.63. The molecule has 0 spiro atoms. The van der Waals surface area contributed by atoms with Crippen LogP contribution in [0.2, 0.25) is 0 Å². The second kappa shape index (κ2) is 6.41. The number of piperidine rings is 1. The maximum Gasteiger partial charge on any atom is 0.332 e. The van der Waals surface area contributed by atoms with Gasteiger partial charge >= 0.3 is 5.69 Å². The highest BCUT2D eigenvalue weighted by Crippen LogP contribution is 2.43. The monoisotopic (exact) mass is 359 g/mol. The second-order valence-corrected chi connectivity index (χ2v) is 7.52. The van der Waals surface area contributed by atoms with E-state index in [1.54, 1.807) is 4.57 Å². The zero-order chi connectivity index (χ0) is 18.4. The van der Waals surface area contributed by atoms with Gasteiger partial charge in [0.05, 0.1) is 0 Å². The zero-order valence-electron chi connectivity index (χ0n) is 15.2. The second-order valence-electron chi connectivity index (χ2n) is 7.52. The van der Waals surface area contributed by atoms with Crippen molar-refractivity contribution in [3.63, 3.8) is 0 Å². The molecule has 2 N–H and O–H groups in total. The van der Waals surface area contributed by atoms with Crippen LogP contribution in [-0.2, 0) is 17.9 Å². The fraction of sp³-hybridized carbons (Fsp3) is 0.667. The summed E-state index contributed by atoms with van der Waals surface area (Å²) >= 11 is 0. The van der Waals surface area contributed by atoms with Crippen molar-refractivity contribution < 1.29 is 4.79 Å². The molecule has 1 aliphatic heterocycles. The van der Waals surface area contributed by atoms with Crippen LogP contribution in [0.5, 0.6) is 0 Å². The molecule has 2 aromatic heterocycles. The average Bonchev–Trinajstić information content (AvgIpc) is 3.16. The van der Waals surface area contributed by atoms with Gasteiger partial charge in [0, 0.05) is 31.5 Å². The first-order valence-corrected chi connectivity index (χ1v) is 9.56. The van der Waals surface area contributed by atoms with E-state index in [2.05, 4.69) is 15.3 Å². The van der Waals surface area contributed by atoms with Crippen LogP contribution in [-0.4, -0.2) is 31.1 Å². The standard InChI is InChI=1S/C18H25N5O3/c1-3-5-22-16-14(17(25)23(6-4-2)18(22)26)20-15(21-16)12-9-11-7-10(12)8-13(24)19-11/h10-12H,3-9H2,1-2H3,(H,19,24)(H,20,21). The highest BCUT2D eigenvalue weighted by atomic mass is 16.2. The van der Waals surface area contributed by atoms with Gasteiger partial charge in [-0.2, -0.15) is 0 Å². The lowest BCUT2D eigenvalue weighted by molar-refractivity contribution is -0.123. The number of carbonyl (C=O) groups excluding carboxylic acids is 1. The summed E-state index contributed by atoms with van der Waals surface area (Å²) in [5.74, 6) is 1.20. The fourth-order valence-electron chi connectivity index (χ4n) is 4.53. The Morgan fingerprint density at radius 3 is 2.54 bits per heavy atom. The van der Waals surface area contributed by atoms with E-state index >= 15 is 0 Å². The molecule has 2 aliphatic rings.